The first kappa shape index (κ1) is 22.2. The molecule has 3 aromatic carbocycles. The van der Waals surface area contributed by atoms with Crippen LogP contribution in [0.2, 0.25) is 0 Å². The lowest BCUT2D eigenvalue weighted by Crippen LogP contribution is -2.38. The molecule has 1 aromatic heterocycles. The molecule has 0 atom stereocenters. The van der Waals surface area contributed by atoms with Gasteiger partial charge in [-0.2, -0.15) is 0 Å². The topological polar surface area (TPSA) is 82.3 Å². The maximum Gasteiger partial charge on any atom is 0.261 e. The molecule has 0 radical (unpaired) electrons. The Morgan fingerprint density at radius 3 is 2.41 bits per heavy atom. The van der Waals surface area contributed by atoms with Crippen LogP contribution in [0.5, 0.6) is 0 Å². The number of H-pyrrole nitrogens is 1. The number of carbonyl (C=O) groups excluding carboxylic acids is 1. The number of piperidine rings is 1. The second kappa shape index (κ2) is 8.95. The lowest BCUT2D eigenvalue weighted by Gasteiger charge is -2.31. The quantitative estimate of drug-likeness (QED) is 0.418. The van der Waals surface area contributed by atoms with E-state index in [1.165, 1.54) is 47.5 Å². The zero-order valence-corrected chi connectivity index (χ0v) is 19.2. The van der Waals surface area contributed by atoms with E-state index in [1.54, 1.807) is 17.0 Å². The van der Waals surface area contributed by atoms with Crippen LogP contribution in [-0.2, 0) is 10.0 Å². The summed E-state index contributed by atoms with van der Waals surface area (Å²) in [6.07, 6.45) is 1.67. The summed E-state index contributed by atoms with van der Waals surface area (Å²) in [6.45, 7) is 1.20. The molecule has 0 spiro atoms. The number of para-hydroxylation sites is 1. The number of nitrogens with zero attached hydrogens (tertiary/aromatic N) is 1. The monoisotopic (exact) mass is 477 g/mol. The molecule has 1 aliphatic heterocycles. The fourth-order valence-electron chi connectivity index (χ4n) is 4.42. The molecule has 1 saturated heterocycles. The molecular formula is C26H24FN3O3S. The Bertz CT molecular complexity index is 1410. The smallest absolute Gasteiger partial charge is 0.261 e. The van der Waals surface area contributed by atoms with Crippen LogP contribution in [0.4, 0.5) is 10.1 Å². The lowest BCUT2D eigenvalue weighted by atomic mass is 9.93. The van der Waals surface area contributed by atoms with E-state index < -0.39 is 15.8 Å². The fourth-order valence-corrected chi connectivity index (χ4v) is 5.52. The van der Waals surface area contributed by atoms with Crippen LogP contribution in [0.25, 0.3) is 10.9 Å². The number of sulfonamides is 1. The van der Waals surface area contributed by atoms with Crippen molar-refractivity contribution in [1.29, 1.82) is 0 Å². The van der Waals surface area contributed by atoms with Gasteiger partial charge in [0, 0.05) is 41.5 Å². The van der Waals surface area contributed by atoms with Gasteiger partial charge in [-0.1, -0.05) is 24.3 Å². The molecule has 5 rings (SSSR count). The van der Waals surface area contributed by atoms with E-state index in [9.17, 15) is 17.6 Å². The van der Waals surface area contributed by atoms with Crippen molar-refractivity contribution in [2.45, 2.75) is 23.7 Å². The summed E-state index contributed by atoms with van der Waals surface area (Å²) in [7, 11) is -3.92. The fraction of sp³-hybridized carbons (Fsp3) is 0.192. The third-order valence-corrected chi connectivity index (χ3v) is 7.64. The third kappa shape index (κ3) is 4.54. The minimum absolute atomic E-state index is 0.0179. The number of hydrogen-bond donors (Lipinski definition) is 2. The molecule has 6 nitrogen and oxygen atoms in total. The minimum atomic E-state index is -3.92. The number of aromatic nitrogens is 1. The van der Waals surface area contributed by atoms with Gasteiger partial charge in [-0.05, 0) is 72.8 Å². The van der Waals surface area contributed by atoms with Gasteiger partial charge in [-0.3, -0.25) is 9.52 Å². The van der Waals surface area contributed by atoms with Crippen molar-refractivity contribution in [1.82, 2.24) is 9.88 Å². The van der Waals surface area contributed by atoms with E-state index in [2.05, 4.69) is 27.9 Å². The van der Waals surface area contributed by atoms with Crippen LogP contribution in [0.15, 0.2) is 83.8 Å². The Morgan fingerprint density at radius 1 is 0.941 bits per heavy atom. The van der Waals surface area contributed by atoms with Crippen molar-refractivity contribution in [3.63, 3.8) is 0 Å². The van der Waals surface area contributed by atoms with Crippen LogP contribution >= 0.6 is 0 Å². The predicted molar refractivity (Wildman–Crippen MR) is 130 cm³/mol. The Balaban J connectivity index is 1.27. The van der Waals surface area contributed by atoms with Crippen molar-refractivity contribution < 1.29 is 17.6 Å². The first-order valence-corrected chi connectivity index (χ1v) is 12.6. The number of nitrogens with one attached hydrogen (secondary N) is 2. The summed E-state index contributed by atoms with van der Waals surface area (Å²) in [5, 5.41) is 1.18. The highest BCUT2D eigenvalue weighted by atomic mass is 32.2. The number of rotatable bonds is 5. The van der Waals surface area contributed by atoms with Gasteiger partial charge in [0.15, 0.2) is 0 Å². The summed E-state index contributed by atoms with van der Waals surface area (Å²) in [4.78, 5) is 18.4. The summed E-state index contributed by atoms with van der Waals surface area (Å²) < 4.78 is 41.1. The third-order valence-electron chi connectivity index (χ3n) is 6.26. The molecule has 34 heavy (non-hydrogen) atoms. The Morgan fingerprint density at radius 2 is 1.68 bits per heavy atom. The van der Waals surface area contributed by atoms with E-state index in [4.69, 9.17) is 0 Å². The molecule has 174 valence electrons. The molecule has 1 amide bonds. The standard InChI is InChI=1S/C26H24FN3O3S/c27-21-8-10-22(11-9-21)29-34(32,33)23-6-3-5-20(16-23)26(31)30-14-12-18(13-15-30)25-17-19-4-1-2-7-24(19)28-25/h1-11,16-18,28-29H,12-15H2. The zero-order chi connectivity index (χ0) is 23.7. The van der Waals surface area contributed by atoms with Crippen LogP contribution in [0.1, 0.15) is 34.8 Å². The van der Waals surface area contributed by atoms with Crippen LogP contribution in [0.3, 0.4) is 0 Å². The van der Waals surface area contributed by atoms with Crippen molar-refractivity contribution in [2.24, 2.45) is 0 Å². The lowest BCUT2D eigenvalue weighted by molar-refractivity contribution is 0.0712. The summed E-state index contributed by atoms with van der Waals surface area (Å²) in [5.41, 5.74) is 2.87. The van der Waals surface area contributed by atoms with Gasteiger partial charge in [0.05, 0.1) is 4.90 Å². The Kier molecular flexibility index (Phi) is 5.83. The van der Waals surface area contributed by atoms with Gasteiger partial charge in [0.2, 0.25) is 0 Å². The normalized spacial score (nSPS) is 14.9. The molecular weight excluding hydrogens is 453 g/mol. The highest BCUT2D eigenvalue weighted by Crippen LogP contribution is 2.30. The minimum Gasteiger partial charge on any atom is -0.358 e. The summed E-state index contributed by atoms with van der Waals surface area (Å²) >= 11 is 0. The number of benzene rings is 3. The molecule has 4 aromatic rings. The van der Waals surface area contributed by atoms with E-state index in [1.807, 2.05) is 12.1 Å². The average Bonchev–Trinajstić information content (AvgIpc) is 3.29. The molecule has 0 bridgehead atoms. The van der Waals surface area contributed by atoms with Crippen molar-refractivity contribution in [2.75, 3.05) is 17.8 Å². The first-order valence-electron chi connectivity index (χ1n) is 11.1. The number of likely N-dealkylation sites (tertiary alicyclic amines) is 1. The van der Waals surface area contributed by atoms with E-state index in [-0.39, 0.29) is 16.5 Å². The van der Waals surface area contributed by atoms with Crippen molar-refractivity contribution in [3.8, 4) is 0 Å². The molecule has 0 saturated carbocycles. The van der Waals surface area contributed by atoms with Gasteiger partial charge >= 0.3 is 0 Å². The first-order chi connectivity index (χ1) is 16.4. The molecule has 8 heteroatoms. The summed E-state index contributed by atoms with van der Waals surface area (Å²) in [5.74, 6) is -0.291. The van der Waals surface area contributed by atoms with Gasteiger partial charge < -0.3 is 9.88 Å². The van der Waals surface area contributed by atoms with Gasteiger partial charge in [-0.15, -0.1) is 0 Å². The second-order valence-corrected chi connectivity index (χ2v) is 10.2. The number of amides is 1. The van der Waals surface area contributed by atoms with Crippen LogP contribution < -0.4 is 4.72 Å². The van der Waals surface area contributed by atoms with E-state index >= 15 is 0 Å². The second-order valence-electron chi connectivity index (χ2n) is 8.52. The van der Waals surface area contributed by atoms with E-state index in [0.29, 0.717) is 24.6 Å². The van der Waals surface area contributed by atoms with Crippen molar-refractivity contribution >= 4 is 32.5 Å². The average molecular weight is 478 g/mol. The van der Waals surface area contributed by atoms with E-state index in [0.717, 1.165) is 18.4 Å². The van der Waals surface area contributed by atoms with Gasteiger partial charge in [-0.25, -0.2) is 12.8 Å². The molecule has 2 N–H and O–H groups in total. The molecule has 1 fully saturated rings. The molecule has 0 aliphatic carbocycles. The number of anilines is 1. The zero-order valence-electron chi connectivity index (χ0n) is 18.4. The summed E-state index contributed by atoms with van der Waals surface area (Å²) in [6, 6.07) is 21.4. The number of hydrogen-bond acceptors (Lipinski definition) is 3. The highest BCUT2D eigenvalue weighted by molar-refractivity contribution is 7.92. The van der Waals surface area contributed by atoms with Gasteiger partial charge in [0.25, 0.3) is 15.9 Å². The van der Waals surface area contributed by atoms with Crippen molar-refractivity contribution in [3.05, 3.63) is 95.9 Å². The molecule has 2 heterocycles. The largest absolute Gasteiger partial charge is 0.358 e. The Hall–Kier alpha value is -3.65. The number of carbonyl (C=O) groups is 1. The molecule has 0 unspecified atom stereocenters. The van der Waals surface area contributed by atoms with Gasteiger partial charge in [0.1, 0.15) is 5.82 Å². The molecule has 1 aliphatic rings. The highest BCUT2D eigenvalue weighted by Gasteiger charge is 2.26. The number of fused-ring (bicyclic) bond motifs is 1. The van der Waals surface area contributed by atoms with Crippen LogP contribution in [-0.4, -0.2) is 37.3 Å². The maximum absolute atomic E-state index is 13.1. The van der Waals surface area contributed by atoms with Crippen LogP contribution in [0, 0.1) is 5.82 Å². The Labute approximate surface area is 197 Å². The number of halogens is 1. The number of aromatic amines is 1. The SMILES string of the molecule is O=C(c1cccc(S(=O)(=O)Nc2ccc(F)cc2)c1)N1CCC(c2cc3ccccc3[nH]2)CC1. The maximum atomic E-state index is 13.1. The predicted octanol–water partition coefficient (Wildman–Crippen LogP) is 5.13.